The maximum atomic E-state index is 2.19. The molecule has 0 nitrogen and oxygen atoms in total. The Hall–Kier alpha value is 0.289. The molecule has 0 aromatic carbocycles. The van der Waals surface area contributed by atoms with Crippen LogP contribution in [0.4, 0.5) is 0 Å². The van der Waals surface area contributed by atoms with Crippen molar-refractivity contribution in [1.29, 1.82) is 0 Å². The molecule has 0 aliphatic heterocycles. The third kappa shape index (κ3) is 1.66. The minimum absolute atomic E-state index is 0. The van der Waals surface area contributed by atoms with Gasteiger partial charge < -0.3 is 0 Å². The number of hydrogen-bond donors (Lipinski definition) is 0. The Labute approximate surface area is 49.3 Å². The van der Waals surface area contributed by atoms with Crippen molar-refractivity contribution < 1.29 is 0 Å². The van der Waals surface area contributed by atoms with Gasteiger partial charge in [-0.05, 0) is 0 Å². The van der Waals surface area contributed by atoms with Gasteiger partial charge in [-0.1, -0.05) is 0 Å². The molecule has 0 saturated carbocycles. The molecule has 2 heteroatoms. The number of hydrogen-bond acceptors (Lipinski definition) is 0. The summed E-state index contributed by atoms with van der Waals surface area (Å²) in [7, 11) is 0. The predicted molar refractivity (Wildman–Crippen MR) is 30.6 cm³/mol. The van der Waals surface area contributed by atoms with E-state index < -0.39 is 0 Å². The molecule has 0 radical (unpaired) electrons. The van der Waals surface area contributed by atoms with Gasteiger partial charge in [-0.25, -0.2) is 0 Å². The van der Waals surface area contributed by atoms with E-state index in [0.29, 0.717) is 14.5 Å². The third-order valence-electron chi connectivity index (χ3n) is 0.425. The first kappa shape index (κ1) is 6.29. The summed E-state index contributed by atoms with van der Waals surface area (Å²) in [5.74, 6) is 0. The molecule has 34 valence electrons. The molecule has 0 fully saturated rings. The second-order valence-corrected chi connectivity index (χ2v) is 2.51. The predicted octanol–water partition coefficient (Wildman–Crippen LogP) is 1.17. The topological polar surface area (TPSA) is 0 Å². The fraction of sp³-hybridized carbons (Fsp3) is 0. The average Bonchev–Trinajstić information content (AvgIpc) is 1.76. The molecule has 1 heterocycles. The standard InChI is InChI=1S/C4H4Se.ClH/c1-2-4-5-3-1;/h1-4H;1H. The molecule has 0 bridgehead atoms. The van der Waals surface area contributed by atoms with Gasteiger partial charge >= 0.3 is 36.5 Å². The SMILES string of the molecule is Cl.c1cc[se]c1. The molecule has 0 N–H and O–H groups in total. The zero-order chi connectivity index (χ0) is 3.54. The van der Waals surface area contributed by atoms with Crippen LogP contribution in [0.25, 0.3) is 0 Å². The van der Waals surface area contributed by atoms with Crippen molar-refractivity contribution in [2.24, 2.45) is 0 Å². The first-order chi connectivity index (χ1) is 2.50. The van der Waals surface area contributed by atoms with Crippen molar-refractivity contribution in [3.05, 3.63) is 22.0 Å². The Bertz CT molecular complexity index is 64.0. The van der Waals surface area contributed by atoms with Gasteiger partial charge in [-0.3, -0.25) is 0 Å². The minimum atomic E-state index is 0. The Kier molecular flexibility index (Phi) is 3.65. The van der Waals surface area contributed by atoms with E-state index in [0.717, 1.165) is 0 Å². The zero-order valence-corrected chi connectivity index (χ0v) is 5.66. The van der Waals surface area contributed by atoms with Crippen molar-refractivity contribution in [1.82, 2.24) is 0 Å². The van der Waals surface area contributed by atoms with Gasteiger partial charge in [0.1, 0.15) is 0 Å². The van der Waals surface area contributed by atoms with Crippen LogP contribution >= 0.6 is 12.4 Å². The van der Waals surface area contributed by atoms with Crippen molar-refractivity contribution in [3.63, 3.8) is 0 Å². The van der Waals surface area contributed by atoms with Gasteiger partial charge in [0.2, 0.25) is 0 Å². The molecule has 0 aliphatic rings. The molecule has 0 amide bonds. The maximum absolute atomic E-state index is 2.19. The second kappa shape index (κ2) is 3.48. The molecule has 1 aromatic heterocycles. The normalized spacial score (nSPS) is 6.67. The molecule has 0 spiro atoms. The van der Waals surface area contributed by atoms with Gasteiger partial charge in [0.15, 0.2) is 0 Å². The van der Waals surface area contributed by atoms with E-state index in [1.165, 1.54) is 0 Å². The summed E-state index contributed by atoms with van der Waals surface area (Å²) in [5, 5.41) is 0. The fourth-order valence-electron chi connectivity index (χ4n) is 0.227. The molecule has 1 aromatic rings. The van der Waals surface area contributed by atoms with Crippen LogP contribution in [0.1, 0.15) is 0 Å². The van der Waals surface area contributed by atoms with Crippen molar-refractivity contribution in [3.8, 4) is 0 Å². The summed E-state index contributed by atoms with van der Waals surface area (Å²) in [6.45, 7) is 0. The molecule has 6 heavy (non-hydrogen) atoms. The average molecular weight is 167 g/mol. The number of rotatable bonds is 0. The Morgan fingerprint density at radius 3 is 1.67 bits per heavy atom. The van der Waals surface area contributed by atoms with Gasteiger partial charge in [0.05, 0.1) is 0 Å². The van der Waals surface area contributed by atoms with Crippen molar-refractivity contribution in [2.45, 2.75) is 0 Å². The van der Waals surface area contributed by atoms with Crippen LogP contribution in [0.5, 0.6) is 0 Å². The van der Waals surface area contributed by atoms with Crippen molar-refractivity contribution >= 4 is 26.9 Å². The van der Waals surface area contributed by atoms with Crippen LogP contribution in [0.15, 0.2) is 22.0 Å². The molecular formula is C4H5ClSe. The first-order valence-corrected chi connectivity index (χ1v) is 3.45. The summed E-state index contributed by atoms with van der Waals surface area (Å²) in [4.78, 5) is 4.38. The van der Waals surface area contributed by atoms with Crippen molar-refractivity contribution in [2.75, 3.05) is 0 Å². The van der Waals surface area contributed by atoms with E-state index in [2.05, 4.69) is 22.0 Å². The summed E-state index contributed by atoms with van der Waals surface area (Å²) in [5.41, 5.74) is 0. The third-order valence-corrected chi connectivity index (χ3v) is 1.74. The van der Waals surface area contributed by atoms with Crippen LogP contribution in [0.2, 0.25) is 0 Å². The van der Waals surface area contributed by atoms with Crippen LogP contribution in [0.3, 0.4) is 0 Å². The van der Waals surface area contributed by atoms with Gasteiger partial charge in [-0.2, -0.15) is 0 Å². The van der Waals surface area contributed by atoms with Crippen LogP contribution in [-0.2, 0) is 0 Å². The van der Waals surface area contributed by atoms with E-state index in [4.69, 9.17) is 0 Å². The van der Waals surface area contributed by atoms with E-state index in [1.807, 2.05) is 0 Å². The van der Waals surface area contributed by atoms with E-state index in [1.54, 1.807) is 0 Å². The first-order valence-electron chi connectivity index (χ1n) is 1.47. The molecule has 0 unspecified atom stereocenters. The van der Waals surface area contributed by atoms with E-state index in [-0.39, 0.29) is 12.4 Å². The molecule has 0 atom stereocenters. The molecule has 1 rings (SSSR count). The summed E-state index contributed by atoms with van der Waals surface area (Å²) in [6.07, 6.45) is 0. The van der Waals surface area contributed by atoms with Crippen LogP contribution in [-0.4, -0.2) is 14.5 Å². The van der Waals surface area contributed by atoms with E-state index in [9.17, 15) is 0 Å². The van der Waals surface area contributed by atoms with Crippen LogP contribution in [0, 0.1) is 0 Å². The quantitative estimate of drug-likeness (QED) is 0.509. The zero-order valence-electron chi connectivity index (χ0n) is 3.13. The Morgan fingerprint density at radius 2 is 1.50 bits per heavy atom. The monoisotopic (exact) mass is 168 g/mol. The van der Waals surface area contributed by atoms with Gasteiger partial charge in [0.25, 0.3) is 0 Å². The summed E-state index contributed by atoms with van der Waals surface area (Å²) < 4.78 is 0. The molecule has 0 aliphatic carbocycles. The molecule has 0 saturated heterocycles. The second-order valence-electron chi connectivity index (χ2n) is 0.793. The van der Waals surface area contributed by atoms with E-state index >= 15 is 0 Å². The Balaban J connectivity index is 0.000000250. The Morgan fingerprint density at radius 1 is 1.00 bits per heavy atom. The molecular weight excluding hydrogens is 162 g/mol. The number of halogens is 1. The summed E-state index contributed by atoms with van der Waals surface area (Å²) >= 11 is 0.708. The fourth-order valence-corrected chi connectivity index (χ4v) is 1.18. The summed E-state index contributed by atoms with van der Waals surface area (Å²) in [6, 6.07) is 4.17. The van der Waals surface area contributed by atoms with Crippen LogP contribution < -0.4 is 0 Å². The van der Waals surface area contributed by atoms with Gasteiger partial charge in [-0.15, -0.1) is 12.4 Å². The van der Waals surface area contributed by atoms with Gasteiger partial charge in [0, 0.05) is 0 Å².